The molecular weight excluding hydrogens is 100 g/mol. The van der Waals surface area contributed by atoms with E-state index in [1.54, 1.807) is 0 Å². The summed E-state index contributed by atoms with van der Waals surface area (Å²) in [6, 6.07) is 0. The molecule has 0 radical (unpaired) electrons. The zero-order valence-corrected chi connectivity index (χ0v) is 5.26. The summed E-state index contributed by atoms with van der Waals surface area (Å²) in [6.07, 6.45) is 4.90. The fraction of sp³-hybridized carbons (Fsp3) is 0.857. The quantitative estimate of drug-likeness (QED) is 0.507. The van der Waals surface area contributed by atoms with E-state index in [9.17, 15) is 4.79 Å². The maximum absolute atomic E-state index is 10.1. The first-order valence-corrected chi connectivity index (χ1v) is 3.28. The second-order valence-electron chi connectivity index (χ2n) is 2.79. The van der Waals surface area contributed by atoms with Crippen molar-refractivity contribution >= 4 is 6.29 Å². The summed E-state index contributed by atoms with van der Waals surface area (Å²) in [5.41, 5.74) is 0. The Morgan fingerprint density at radius 2 is 2.38 bits per heavy atom. The lowest BCUT2D eigenvalue weighted by molar-refractivity contribution is -0.110. The van der Waals surface area contributed by atoms with E-state index in [0.717, 1.165) is 18.6 Å². The number of aldehydes is 1. The van der Waals surface area contributed by atoms with Gasteiger partial charge in [0.15, 0.2) is 0 Å². The van der Waals surface area contributed by atoms with Crippen LogP contribution in [0.25, 0.3) is 0 Å². The van der Waals surface area contributed by atoms with Gasteiger partial charge in [0.25, 0.3) is 0 Å². The van der Waals surface area contributed by atoms with E-state index in [4.69, 9.17) is 0 Å². The van der Waals surface area contributed by atoms with Gasteiger partial charge in [-0.15, -0.1) is 0 Å². The van der Waals surface area contributed by atoms with Crippen molar-refractivity contribution in [2.45, 2.75) is 26.2 Å². The minimum atomic E-state index is 0.308. The highest BCUT2D eigenvalue weighted by atomic mass is 16.1. The van der Waals surface area contributed by atoms with Crippen LogP contribution in [0.1, 0.15) is 26.2 Å². The molecular formula is C7H12O. The normalized spacial score (nSPS) is 22.6. The summed E-state index contributed by atoms with van der Waals surface area (Å²) < 4.78 is 0. The third-order valence-electron chi connectivity index (χ3n) is 1.63. The van der Waals surface area contributed by atoms with Crippen molar-refractivity contribution < 1.29 is 4.79 Å². The first-order valence-electron chi connectivity index (χ1n) is 3.28. The Labute approximate surface area is 50.1 Å². The molecule has 1 aliphatic rings. The Morgan fingerprint density at radius 1 is 1.75 bits per heavy atom. The molecule has 0 aliphatic heterocycles. The zero-order valence-electron chi connectivity index (χ0n) is 5.26. The fourth-order valence-electron chi connectivity index (χ4n) is 0.935. The van der Waals surface area contributed by atoms with Gasteiger partial charge in [-0.2, -0.15) is 0 Å². The first kappa shape index (κ1) is 5.80. The number of rotatable bonds is 3. The number of carbonyl (C=O) groups is 1. The number of hydrogen-bond donors (Lipinski definition) is 0. The molecule has 1 rings (SSSR count). The van der Waals surface area contributed by atoms with Crippen LogP contribution in [0, 0.1) is 11.8 Å². The molecule has 46 valence electrons. The third-order valence-corrected chi connectivity index (χ3v) is 1.63. The fourth-order valence-corrected chi connectivity index (χ4v) is 0.935. The molecule has 1 atom stereocenters. The van der Waals surface area contributed by atoms with Gasteiger partial charge in [0.2, 0.25) is 0 Å². The van der Waals surface area contributed by atoms with Gasteiger partial charge in [-0.25, -0.2) is 0 Å². The van der Waals surface area contributed by atoms with Gasteiger partial charge in [-0.3, -0.25) is 0 Å². The Bertz CT molecular complexity index is 84.4. The smallest absolute Gasteiger partial charge is 0.122 e. The maximum atomic E-state index is 10.1. The summed E-state index contributed by atoms with van der Waals surface area (Å²) in [4.78, 5) is 10.1. The Kier molecular flexibility index (Phi) is 1.66. The Morgan fingerprint density at radius 3 is 2.75 bits per heavy atom. The van der Waals surface area contributed by atoms with Crippen molar-refractivity contribution in [3.05, 3.63) is 0 Å². The molecule has 0 saturated heterocycles. The van der Waals surface area contributed by atoms with Crippen LogP contribution in [0.15, 0.2) is 0 Å². The highest BCUT2D eigenvalue weighted by molar-refractivity contribution is 5.52. The second-order valence-corrected chi connectivity index (χ2v) is 2.79. The molecule has 1 nitrogen and oxygen atoms in total. The summed E-state index contributed by atoms with van der Waals surface area (Å²) in [7, 11) is 0. The summed E-state index contributed by atoms with van der Waals surface area (Å²) in [5, 5.41) is 0. The molecule has 1 saturated carbocycles. The predicted molar refractivity (Wildman–Crippen MR) is 32.6 cm³/mol. The molecule has 1 aliphatic carbocycles. The number of hydrogen-bond acceptors (Lipinski definition) is 1. The Hall–Kier alpha value is -0.330. The van der Waals surface area contributed by atoms with E-state index < -0.39 is 0 Å². The molecule has 0 spiro atoms. The molecule has 0 aromatic rings. The molecule has 0 N–H and O–H groups in total. The minimum Gasteiger partial charge on any atom is -0.303 e. The van der Waals surface area contributed by atoms with Crippen LogP contribution < -0.4 is 0 Å². The van der Waals surface area contributed by atoms with E-state index in [1.165, 1.54) is 12.8 Å². The van der Waals surface area contributed by atoms with E-state index in [2.05, 4.69) is 0 Å². The average molecular weight is 112 g/mol. The van der Waals surface area contributed by atoms with Crippen molar-refractivity contribution in [3.8, 4) is 0 Å². The van der Waals surface area contributed by atoms with Crippen molar-refractivity contribution in [1.82, 2.24) is 0 Å². The zero-order chi connectivity index (χ0) is 5.98. The lowest BCUT2D eigenvalue weighted by atomic mass is 10.1. The van der Waals surface area contributed by atoms with Crippen molar-refractivity contribution in [1.29, 1.82) is 0 Å². The van der Waals surface area contributed by atoms with Crippen LogP contribution in [0.4, 0.5) is 0 Å². The predicted octanol–water partition coefficient (Wildman–Crippen LogP) is 1.62. The molecule has 8 heavy (non-hydrogen) atoms. The van der Waals surface area contributed by atoms with E-state index >= 15 is 0 Å². The molecule has 0 bridgehead atoms. The molecule has 0 aromatic heterocycles. The van der Waals surface area contributed by atoms with Crippen LogP contribution in [0.3, 0.4) is 0 Å². The highest BCUT2D eigenvalue weighted by Crippen LogP contribution is 2.34. The standard InChI is InChI=1S/C7H12O/c1-6(5-8)4-7-2-3-7/h5-7H,2-4H2,1H3/t6-/m0/s1. The number of carbonyl (C=O) groups excluding carboxylic acids is 1. The summed E-state index contributed by atoms with van der Waals surface area (Å²) in [5.74, 6) is 1.21. The largest absolute Gasteiger partial charge is 0.303 e. The van der Waals surface area contributed by atoms with Gasteiger partial charge in [-0.05, 0) is 12.3 Å². The molecule has 0 amide bonds. The lowest BCUT2D eigenvalue weighted by Gasteiger charge is -1.96. The van der Waals surface area contributed by atoms with Crippen LogP contribution >= 0.6 is 0 Å². The molecule has 0 unspecified atom stereocenters. The van der Waals surface area contributed by atoms with Gasteiger partial charge >= 0.3 is 0 Å². The molecule has 0 aromatic carbocycles. The molecule has 1 fully saturated rings. The van der Waals surface area contributed by atoms with Crippen LogP contribution in [-0.2, 0) is 4.79 Å². The van der Waals surface area contributed by atoms with Gasteiger partial charge < -0.3 is 4.79 Å². The van der Waals surface area contributed by atoms with Gasteiger partial charge in [-0.1, -0.05) is 19.8 Å². The van der Waals surface area contributed by atoms with Crippen molar-refractivity contribution in [2.24, 2.45) is 11.8 Å². The maximum Gasteiger partial charge on any atom is 0.122 e. The van der Waals surface area contributed by atoms with Crippen molar-refractivity contribution in [2.75, 3.05) is 0 Å². The summed E-state index contributed by atoms with van der Waals surface area (Å²) >= 11 is 0. The first-order chi connectivity index (χ1) is 3.83. The van der Waals surface area contributed by atoms with Gasteiger partial charge in [0.05, 0.1) is 0 Å². The van der Waals surface area contributed by atoms with Crippen LogP contribution in [-0.4, -0.2) is 6.29 Å². The monoisotopic (exact) mass is 112 g/mol. The van der Waals surface area contributed by atoms with Crippen molar-refractivity contribution in [3.63, 3.8) is 0 Å². The SMILES string of the molecule is C[C@H](C=O)CC1CC1. The lowest BCUT2D eigenvalue weighted by Crippen LogP contribution is -1.95. The van der Waals surface area contributed by atoms with E-state index in [1.807, 2.05) is 6.92 Å². The van der Waals surface area contributed by atoms with Gasteiger partial charge in [0, 0.05) is 5.92 Å². The molecule has 1 heteroatoms. The summed E-state index contributed by atoms with van der Waals surface area (Å²) in [6.45, 7) is 1.99. The van der Waals surface area contributed by atoms with E-state index in [0.29, 0.717) is 5.92 Å². The third kappa shape index (κ3) is 1.65. The minimum absolute atomic E-state index is 0.308. The molecule has 0 heterocycles. The second kappa shape index (κ2) is 2.29. The Balaban J connectivity index is 2.06. The van der Waals surface area contributed by atoms with Gasteiger partial charge in [0.1, 0.15) is 6.29 Å². The average Bonchev–Trinajstić information content (AvgIpc) is 2.50. The van der Waals surface area contributed by atoms with Crippen LogP contribution in [0.5, 0.6) is 0 Å². The highest BCUT2D eigenvalue weighted by Gasteiger charge is 2.22. The topological polar surface area (TPSA) is 17.1 Å². The van der Waals surface area contributed by atoms with E-state index in [-0.39, 0.29) is 0 Å². The van der Waals surface area contributed by atoms with Crippen LogP contribution in [0.2, 0.25) is 0 Å².